The lowest BCUT2D eigenvalue weighted by atomic mass is 10.0. The van der Waals surface area contributed by atoms with E-state index < -0.39 is 0 Å². The second-order valence-electron chi connectivity index (χ2n) is 3.56. The van der Waals surface area contributed by atoms with Gasteiger partial charge >= 0.3 is 0 Å². The highest BCUT2D eigenvalue weighted by Crippen LogP contribution is 2.25. The van der Waals surface area contributed by atoms with Crippen molar-refractivity contribution in [2.24, 2.45) is 0 Å². The molecule has 2 N–H and O–H groups in total. The Morgan fingerprint density at radius 1 is 1.13 bits per heavy atom. The molecule has 0 spiro atoms. The van der Waals surface area contributed by atoms with Gasteiger partial charge in [-0.25, -0.2) is 9.97 Å². The van der Waals surface area contributed by atoms with Crippen molar-refractivity contribution in [2.75, 3.05) is 5.73 Å². The number of benzene rings is 1. The van der Waals surface area contributed by atoms with Crippen LogP contribution in [-0.2, 0) is 0 Å². The molecule has 0 aliphatic rings. The number of nitrogens with two attached hydrogens (primary N) is 1. The highest BCUT2D eigenvalue weighted by atomic mass is 14.8. The zero-order valence-corrected chi connectivity index (χ0v) is 8.86. The van der Waals surface area contributed by atoms with Crippen molar-refractivity contribution in [2.45, 2.75) is 13.8 Å². The summed E-state index contributed by atoms with van der Waals surface area (Å²) in [7, 11) is 0. The van der Waals surface area contributed by atoms with Gasteiger partial charge < -0.3 is 5.73 Å². The first-order valence-corrected chi connectivity index (χ1v) is 4.82. The predicted octanol–water partition coefficient (Wildman–Crippen LogP) is 2.34. The molecule has 0 aliphatic carbocycles. The van der Waals surface area contributed by atoms with Gasteiger partial charge in [0.1, 0.15) is 6.33 Å². The molecule has 0 fully saturated rings. The van der Waals surface area contributed by atoms with Crippen LogP contribution in [0, 0.1) is 13.8 Å². The SMILES string of the molecule is Cc1cc(-c2cccc(N)c2C)ncn1. The average Bonchev–Trinajstić information content (AvgIpc) is 2.22. The molecule has 1 aromatic heterocycles. The molecule has 0 radical (unpaired) electrons. The molecule has 0 atom stereocenters. The lowest BCUT2D eigenvalue weighted by Crippen LogP contribution is -1.94. The van der Waals surface area contributed by atoms with Crippen molar-refractivity contribution in [3.63, 3.8) is 0 Å². The Balaban J connectivity index is 2.59. The van der Waals surface area contributed by atoms with Crippen molar-refractivity contribution in [1.82, 2.24) is 9.97 Å². The Morgan fingerprint density at radius 2 is 1.93 bits per heavy atom. The molecular formula is C12H13N3. The van der Waals surface area contributed by atoms with E-state index in [4.69, 9.17) is 5.73 Å². The van der Waals surface area contributed by atoms with Crippen LogP contribution in [0.1, 0.15) is 11.3 Å². The molecule has 0 saturated heterocycles. The van der Waals surface area contributed by atoms with E-state index in [-0.39, 0.29) is 0 Å². The van der Waals surface area contributed by atoms with E-state index in [0.29, 0.717) is 0 Å². The summed E-state index contributed by atoms with van der Waals surface area (Å²) in [4.78, 5) is 8.32. The van der Waals surface area contributed by atoms with Gasteiger partial charge in [-0.1, -0.05) is 12.1 Å². The van der Waals surface area contributed by atoms with Crippen molar-refractivity contribution in [3.05, 3.63) is 41.9 Å². The maximum atomic E-state index is 5.85. The van der Waals surface area contributed by atoms with Crippen molar-refractivity contribution in [1.29, 1.82) is 0 Å². The van der Waals surface area contributed by atoms with Gasteiger partial charge in [0.15, 0.2) is 0 Å². The second-order valence-corrected chi connectivity index (χ2v) is 3.56. The number of anilines is 1. The Morgan fingerprint density at radius 3 is 2.67 bits per heavy atom. The first-order valence-electron chi connectivity index (χ1n) is 4.82. The molecule has 1 aromatic carbocycles. The number of aromatic nitrogens is 2. The minimum absolute atomic E-state index is 0.795. The van der Waals surface area contributed by atoms with E-state index in [1.54, 1.807) is 6.33 Å². The Hall–Kier alpha value is -1.90. The van der Waals surface area contributed by atoms with E-state index in [2.05, 4.69) is 9.97 Å². The highest BCUT2D eigenvalue weighted by Gasteiger charge is 2.05. The predicted molar refractivity (Wildman–Crippen MR) is 61.4 cm³/mol. The van der Waals surface area contributed by atoms with Gasteiger partial charge in [-0.2, -0.15) is 0 Å². The molecule has 2 rings (SSSR count). The van der Waals surface area contributed by atoms with Gasteiger partial charge in [-0.3, -0.25) is 0 Å². The number of hydrogen-bond acceptors (Lipinski definition) is 3. The van der Waals surface area contributed by atoms with Crippen molar-refractivity contribution >= 4 is 5.69 Å². The van der Waals surface area contributed by atoms with Crippen LogP contribution >= 0.6 is 0 Å². The van der Waals surface area contributed by atoms with Gasteiger partial charge in [0, 0.05) is 16.9 Å². The topological polar surface area (TPSA) is 51.8 Å². The minimum atomic E-state index is 0.795. The van der Waals surface area contributed by atoms with Crippen LogP contribution < -0.4 is 5.73 Å². The van der Waals surface area contributed by atoms with Gasteiger partial charge in [0.05, 0.1) is 5.69 Å². The molecule has 2 aromatic rings. The maximum absolute atomic E-state index is 5.85. The summed E-state index contributed by atoms with van der Waals surface area (Å²) >= 11 is 0. The maximum Gasteiger partial charge on any atom is 0.116 e. The summed E-state index contributed by atoms with van der Waals surface area (Å²) in [6.07, 6.45) is 1.58. The van der Waals surface area contributed by atoms with E-state index in [9.17, 15) is 0 Å². The number of hydrogen-bond donors (Lipinski definition) is 1. The minimum Gasteiger partial charge on any atom is -0.398 e. The monoisotopic (exact) mass is 199 g/mol. The largest absolute Gasteiger partial charge is 0.398 e. The van der Waals surface area contributed by atoms with Gasteiger partial charge in [0.2, 0.25) is 0 Å². The lowest BCUT2D eigenvalue weighted by Gasteiger charge is -2.07. The molecule has 0 bridgehead atoms. The number of aryl methyl sites for hydroxylation is 1. The third kappa shape index (κ3) is 1.81. The average molecular weight is 199 g/mol. The number of nitrogens with zero attached hydrogens (tertiary/aromatic N) is 2. The molecule has 0 unspecified atom stereocenters. The molecule has 0 saturated carbocycles. The van der Waals surface area contributed by atoms with Crippen LogP contribution in [0.5, 0.6) is 0 Å². The molecule has 3 heteroatoms. The first kappa shape index (κ1) is 9.65. The fraction of sp³-hybridized carbons (Fsp3) is 0.167. The lowest BCUT2D eigenvalue weighted by molar-refractivity contribution is 1.10. The van der Waals surface area contributed by atoms with Crippen molar-refractivity contribution < 1.29 is 0 Å². The van der Waals surface area contributed by atoms with E-state index in [0.717, 1.165) is 28.2 Å². The Labute approximate surface area is 89.0 Å². The third-order valence-corrected chi connectivity index (χ3v) is 2.46. The summed E-state index contributed by atoms with van der Waals surface area (Å²) in [6, 6.07) is 7.82. The fourth-order valence-corrected chi connectivity index (χ4v) is 1.53. The normalized spacial score (nSPS) is 10.3. The summed E-state index contributed by atoms with van der Waals surface area (Å²) in [5.41, 5.74) is 10.7. The van der Waals surface area contributed by atoms with Crippen LogP contribution in [0.2, 0.25) is 0 Å². The summed E-state index contributed by atoms with van der Waals surface area (Å²) in [5.74, 6) is 0. The van der Waals surface area contributed by atoms with Crippen LogP contribution in [-0.4, -0.2) is 9.97 Å². The molecule has 76 valence electrons. The van der Waals surface area contributed by atoms with Crippen LogP contribution in [0.4, 0.5) is 5.69 Å². The summed E-state index contributed by atoms with van der Waals surface area (Å²) in [5, 5.41) is 0. The zero-order chi connectivity index (χ0) is 10.8. The Bertz CT molecular complexity index is 492. The molecule has 3 nitrogen and oxygen atoms in total. The van der Waals surface area contributed by atoms with Crippen LogP contribution in [0.15, 0.2) is 30.6 Å². The van der Waals surface area contributed by atoms with E-state index in [1.165, 1.54) is 0 Å². The van der Waals surface area contributed by atoms with Gasteiger partial charge in [-0.05, 0) is 31.5 Å². The van der Waals surface area contributed by atoms with E-state index >= 15 is 0 Å². The standard InChI is InChI=1S/C12H13N3/c1-8-6-12(15-7-14-8)10-4-3-5-11(13)9(10)2/h3-7H,13H2,1-2H3. The van der Waals surface area contributed by atoms with Gasteiger partial charge in [-0.15, -0.1) is 0 Å². The smallest absolute Gasteiger partial charge is 0.116 e. The fourth-order valence-electron chi connectivity index (χ4n) is 1.53. The Kier molecular flexibility index (Phi) is 2.37. The summed E-state index contributed by atoms with van der Waals surface area (Å²) < 4.78 is 0. The molecular weight excluding hydrogens is 186 g/mol. The highest BCUT2D eigenvalue weighted by molar-refractivity contribution is 5.69. The number of nitrogen functional groups attached to an aromatic ring is 1. The zero-order valence-electron chi connectivity index (χ0n) is 8.86. The summed E-state index contributed by atoms with van der Waals surface area (Å²) in [6.45, 7) is 3.95. The van der Waals surface area contributed by atoms with Crippen LogP contribution in [0.25, 0.3) is 11.3 Å². The molecule has 0 aliphatic heterocycles. The molecule has 1 heterocycles. The van der Waals surface area contributed by atoms with Crippen LogP contribution in [0.3, 0.4) is 0 Å². The molecule has 15 heavy (non-hydrogen) atoms. The molecule has 0 amide bonds. The second kappa shape index (κ2) is 3.69. The number of rotatable bonds is 1. The van der Waals surface area contributed by atoms with E-state index in [1.807, 2.05) is 38.1 Å². The van der Waals surface area contributed by atoms with Crippen molar-refractivity contribution in [3.8, 4) is 11.3 Å². The first-order chi connectivity index (χ1) is 7.18. The quantitative estimate of drug-likeness (QED) is 0.717. The van der Waals surface area contributed by atoms with Gasteiger partial charge in [0.25, 0.3) is 0 Å². The third-order valence-electron chi connectivity index (χ3n) is 2.46.